The van der Waals surface area contributed by atoms with E-state index in [2.05, 4.69) is 5.10 Å². The minimum absolute atomic E-state index is 0.0932. The maximum atomic E-state index is 12.3. The fraction of sp³-hybridized carbons (Fsp3) is 0.308. The van der Waals surface area contributed by atoms with Gasteiger partial charge in [-0.3, -0.25) is 9.59 Å². The number of hydrogen-bond acceptors (Lipinski definition) is 5. The second-order valence-corrected chi connectivity index (χ2v) is 6.69. The molecule has 1 aromatic carbocycles. The molecule has 2 aromatic rings. The third-order valence-corrected chi connectivity index (χ3v) is 3.37. The zero-order valence-corrected chi connectivity index (χ0v) is 12.6. The van der Waals surface area contributed by atoms with Gasteiger partial charge in [-0.15, -0.1) is 0 Å². The monoisotopic (exact) mass is 309 g/mol. The number of fused-ring (bicyclic) bond motifs is 1. The van der Waals surface area contributed by atoms with Gasteiger partial charge in [-0.05, 0) is 19.9 Å². The third-order valence-electron chi connectivity index (χ3n) is 2.81. The fourth-order valence-electron chi connectivity index (χ4n) is 1.94. The van der Waals surface area contributed by atoms with Crippen LogP contribution in [0.2, 0.25) is 0 Å². The lowest BCUT2D eigenvalue weighted by molar-refractivity contribution is 0.0976. The van der Waals surface area contributed by atoms with E-state index < -0.39 is 15.9 Å². The van der Waals surface area contributed by atoms with E-state index >= 15 is 0 Å². The Kier molecular flexibility index (Phi) is 3.82. The second kappa shape index (κ2) is 5.28. The van der Waals surface area contributed by atoms with Gasteiger partial charge in [0.15, 0.2) is 5.69 Å². The number of sulfonamides is 1. The Morgan fingerprint density at radius 3 is 2.33 bits per heavy atom. The molecule has 1 heterocycles. The van der Waals surface area contributed by atoms with E-state index in [4.69, 9.17) is 0 Å². The molecule has 2 rings (SSSR count). The van der Waals surface area contributed by atoms with Crippen molar-refractivity contribution in [3.63, 3.8) is 0 Å². The normalized spacial score (nSPS) is 11.8. The van der Waals surface area contributed by atoms with Gasteiger partial charge >= 0.3 is 0 Å². The Morgan fingerprint density at radius 2 is 1.81 bits per heavy atom. The molecule has 0 aliphatic carbocycles. The van der Waals surface area contributed by atoms with Gasteiger partial charge in [0.1, 0.15) is 0 Å². The molecular formula is C13H15N3O4S. The first kappa shape index (κ1) is 15.2. The number of amides is 1. The summed E-state index contributed by atoms with van der Waals surface area (Å²) in [5.74, 6) is -0.858. The Bertz CT molecular complexity index is 869. The highest BCUT2D eigenvalue weighted by Crippen LogP contribution is 2.14. The molecule has 8 heteroatoms. The number of hydrogen-bond donors (Lipinski definition) is 1. The fourth-order valence-corrected chi connectivity index (χ4v) is 2.37. The van der Waals surface area contributed by atoms with Crippen molar-refractivity contribution in [1.29, 1.82) is 0 Å². The molecule has 0 fully saturated rings. The van der Waals surface area contributed by atoms with E-state index in [1.807, 2.05) is 4.72 Å². The summed E-state index contributed by atoms with van der Waals surface area (Å²) in [5.41, 5.74) is -0.416. The summed E-state index contributed by atoms with van der Waals surface area (Å²) in [5, 5.41) is 4.65. The van der Waals surface area contributed by atoms with E-state index in [1.54, 1.807) is 38.1 Å². The first-order valence-corrected chi connectivity index (χ1v) is 8.13. The van der Waals surface area contributed by atoms with Crippen LogP contribution in [0.15, 0.2) is 29.1 Å². The third kappa shape index (κ3) is 3.10. The number of rotatable bonds is 3. The Labute approximate surface area is 121 Å². The molecule has 0 aliphatic heterocycles. The van der Waals surface area contributed by atoms with Crippen molar-refractivity contribution < 1.29 is 13.2 Å². The van der Waals surface area contributed by atoms with E-state index in [1.165, 1.54) is 4.68 Å². The molecular weight excluding hydrogens is 294 g/mol. The van der Waals surface area contributed by atoms with Crippen LogP contribution < -0.4 is 10.3 Å². The molecule has 0 saturated heterocycles. The first-order chi connectivity index (χ1) is 9.70. The largest absolute Gasteiger partial charge is 0.285 e. The number of aromatic nitrogens is 2. The summed E-state index contributed by atoms with van der Waals surface area (Å²) in [6.07, 6.45) is 0.881. The molecule has 0 radical (unpaired) electrons. The predicted octanol–water partition coefficient (Wildman–Crippen LogP) is 0.667. The Balaban J connectivity index is 2.76. The highest BCUT2D eigenvalue weighted by molar-refractivity contribution is 7.89. The van der Waals surface area contributed by atoms with Gasteiger partial charge in [0.05, 0.1) is 17.7 Å². The van der Waals surface area contributed by atoms with Gasteiger partial charge in [0.2, 0.25) is 10.0 Å². The number of nitrogens with one attached hydrogen (secondary N) is 1. The van der Waals surface area contributed by atoms with Crippen molar-refractivity contribution >= 4 is 26.7 Å². The molecule has 21 heavy (non-hydrogen) atoms. The molecule has 0 spiro atoms. The quantitative estimate of drug-likeness (QED) is 0.898. The zero-order valence-electron chi connectivity index (χ0n) is 11.8. The van der Waals surface area contributed by atoms with Crippen molar-refractivity contribution in [1.82, 2.24) is 14.5 Å². The molecule has 0 unspecified atom stereocenters. The van der Waals surface area contributed by atoms with E-state index in [-0.39, 0.29) is 17.3 Å². The van der Waals surface area contributed by atoms with Crippen LogP contribution in [-0.2, 0) is 10.0 Å². The maximum Gasteiger partial charge on any atom is 0.285 e. The number of carbonyl (C=O) groups is 1. The van der Waals surface area contributed by atoms with Crippen LogP contribution in [0.5, 0.6) is 0 Å². The molecule has 7 nitrogen and oxygen atoms in total. The minimum Gasteiger partial charge on any atom is -0.267 e. The highest BCUT2D eigenvalue weighted by atomic mass is 32.2. The minimum atomic E-state index is -3.71. The lowest BCUT2D eigenvalue weighted by atomic mass is 10.1. The zero-order chi connectivity index (χ0) is 15.8. The highest BCUT2D eigenvalue weighted by Gasteiger charge is 2.19. The number of nitrogens with zero attached hydrogens (tertiary/aromatic N) is 2. The lowest BCUT2D eigenvalue weighted by Crippen LogP contribution is -2.34. The number of benzene rings is 1. The summed E-state index contributed by atoms with van der Waals surface area (Å²) in [4.78, 5) is 24.4. The van der Waals surface area contributed by atoms with Gasteiger partial charge in [0, 0.05) is 5.39 Å². The molecule has 1 amide bonds. The maximum absolute atomic E-state index is 12.3. The summed E-state index contributed by atoms with van der Waals surface area (Å²) >= 11 is 0. The molecule has 112 valence electrons. The van der Waals surface area contributed by atoms with Crippen LogP contribution in [0.1, 0.15) is 30.4 Å². The second-order valence-electron chi connectivity index (χ2n) is 4.94. The van der Waals surface area contributed by atoms with Gasteiger partial charge in [-0.2, -0.15) is 5.10 Å². The number of carbonyl (C=O) groups excluding carboxylic acids is 1. The van der Waals surface area contributed by atoms with E-state index in [9.17, 15) is 18.0 Å². The van der Waals surface area contributed by atoms with Gasteiger partial charge < -0.3 is 0 Å². The van der Waals surface area contributed by atoms with Crippen LogP contribution in [0.3, 0.4) is 0 Å². The van der Waals surface area contributed by atoms with Gasteiger partial charge in [0.25, 0.3) is 11.5 Å². The average molecular weight is 309 g/mol. The smallest absolute Gasteiger partial charge is 0.267 e. The van der Waals surface area contributed by atoms with Crippen LogP contribution in [0.4, 0.5) is 0 Å². The molecule has 0 saturated carbocycles. The van der Waals surface area contributed by atoms with Crippen molar-refractivity contribution in [2.45, 2.75) is 19.9 Å². The molecule has 0 bridgehead atoms. The molecule has 0 atom stereocenters. The summed E-state index contributed by atoms with van der Waals surface area (Å²) < 4.78 is 25.5. The van der Waals surface area contributed by atoms with Crippen molar-refractivity contribution in [3.05, 3.63) is 40.3 Å². The van der Waals surface area contributed by atoms with E-state index in [0.717, 1.165) is 6.26 Å². The van der Waals surface area contributed by atoms with Crippen LogP contribution in [-0.4, -0.2) is 30.4 Å². The van der Waals surface area contributed by atoms with Crippen molar-refractivity contribution in [3.8, 4) is 0 Å². The van der Waals surface area contributed by atoms with Gasteiger partial charge in [-0.25, -0.2) is 17.8 Å². The predicted molar refractivity (Wildman–Crippen MR) is 78.7 cm³/mol. The van der Waals surface area contributed by atoms with Crippen molar-refractivity contribution in [2.75, 3.05) is 6.26 Å². The lowest BCUT2D eigenvalue weighted by Gasteiger charge is -2.12. The summed E-state index contributed by atoms with van der Waals surface area (Å²) in [6, 6.07) is 6.21. The topological polar surface area (TPSA) is 98.1 Å². The Hall–Kier alpha value is -2.22. The van der Waals surface area contributed by atoms with Crippen molar-refractivity contribution in [2.24, 2.45) is 0 Å². The molecule has 0 aliphatic rings. The van der Waals surface area contributed by atoms with Crippen LogP contribution >= 0.6 is 0 Å². The first-order valence-electron chi connectivity index (χ1n) is 6.24. The van der Waals surface area contributed by atoms with E-state index in [0.29, 0.717) is 10.8 Å². The van der Waals surface area contributed by atoms with Crippen LogP contribution in [0.25, 0.3) is 10.8 Å². The average Bonchev–Trinajstić information content (AvgIpc) is 2.36. The summed E-state index contributed by atoms with van der Waals surface area (Å²) in [6.45, 7) is 3.50. The molecule has 1 aromatic heterocycles. The molecule has 1 N–H and O–H groups in total. The SMILES string of the molecule is CC(C)n1nc(C(=O)NS(C)(=O)=O)c2ccccc2c1=O. The van der Waals surface area contributed by atoms with Crippen LogP contribution in [0, 0.1) is 0 Å². The standard InChI is InChI=1S/C13H15N3O4S/c1-8(2)16-13(18)10-7-5-4-6-9(10)11(14-16)12(17)15-21(3,19)20/h4-8H,1-3H3,(H,15,17). The van der Waals surface area contributed by atoms with Gasteiger partial charge in [-0.1, -0.05) is 18.2 Å². The summed E-state index contributed by atoms with van der Waals surface area (Å²) in [7, 11) is -3.71. The Morgan fingerprint density at radius 1 is 1.24 bits per heavy atom.